The molecule has 0 bridgehead atoms. The van der Waals surface area contributed by atoms with Crippen molar-refractivity contribution in [2.45, 2.75) is 40.2 Å². The molecule has 0 radical (unpaired) electrons. The minimum Gasteiger partial charge on any atom is -0.495 e. The summed E-state index contributed by atoms with van der Waals surface area (Å²) < 4.78 is 5.29. The normalized spacial score (nSPS) is 13.4. The second-order valence-electron chi connectivity index (χ2n) is 5.65. The highest BCUT2D eigenvalue weighted by atomic mass is 35.5. The van der Waals surface area contributed by atoms with Gasteiger partial charge >= 0.3 is 0 Å². The van der Waals surface area contributed by atoms with Gasteiger partial charge in [-0.1, -0.05) is 45.4 Å². The Hall–Kier alpha value is -0.730. The van der Waals surface area contributed by atoms with E-state index in [1.54, 1.807) is 7.11 Å². The lowest BCUT2D eigenvalue weighted by Gasteiger charge is -2.32. The average molecular weight is 270 g/mol. The van der Waals surface area contributed by atoms with Gasteiger partial charge < -0.3 is 10.1 Å². The van der Waals surface area contributed by atoms with E-state index in [0.717, 1.165) is 18.7 Å². The Morgan fingerprint density at radius 1 is 1.33 bits per heavy atom. The summed E-state index contributed by atoms with van der Waals surface area (Å²) in [6.07, 6.45) is 1.12. The predicted molar refractivity (Wildman–Crippen MR) is 78.5 cm³/mol. The fraction of sp³-hybridized carbons (Fsp3) is 0.600. The molecule has 0 fully saturated rings. The van der Waals surface area contributed by atoms with Crippen molar-refractivity contribution in [3.8, 4) is 5.75 Å². The van der Waals surface area contributed by atoms with E-state index >= 15 is 0 Å². The first kappa shape index (κ1) is 15.3. The molecule has 2 nitrogen and oxygen atoms in total. The number of rotatable bonds is 5. The van der Waals surface area contributed by atoms with Gasteiger partial charge in [-0.05, 0) is 36.1 Å². The molecule has 1 atom stereocenters. The molecule has 3 heteroatoms. The minimum absolute atomic E-state index is 0.147. The van der Waals surface area contributed by atoms with Crippen molar-refractivity contribution in [3.05, 3.63) is 28.8 Å². The van der Waals surface area contributed by atoms with Crippen LogP contribution in [0.4, 0.5) is 0 Å². The van der Waals surface area contributed by atoms with E-state index in [-0.39, 0.29) is 5.41 Å². The molecule has 18 heavy (non-hydrogen) atoms. The van der Waals surface area contributed by atoms with Crippen molar-refractivity contribution in [3.63, 3.8) is 0 Å². The van der Waals surface area contributed by atoms with Gasteiger partial charge in [0.2, 0.25) is 0 Å². The summed E-state index contributed by atoms with van der Waals surface area (Å²) in [6, 6.07) is 6.30. The van der Waals surface area contributed by atoms with Gasteiger partial charge in [0.25, 0.3) is 0 Å². The number of benzene rings is 1. The maximum absolute atomic E-state index is 6.07. The second kappa shape index (κ2) is 6.44. The van der Waals surface area contributed by atoms with Gasteiger partial charge in [0.1, 0.15) is 5.75 Å². The van der Waals surface area contributed by atoms with Crippen LogP contribution in [0.15, 0.2) is 18.2 Å². The van der Waals surface area contributed by atoms with Crippen LogP contribution in [-0.4, -0.2) is 13.7 Å². The SMILES string of the molecule is CCCNC(c1ccc(Cl)c(OC)c1)C(C)(C)C. The highest BCUT2D eigenvalue weighted by Gasteiger charge is 2.26. The standard InChI is InChI=1S/C15H24ClNO/c1-6-9-17-14(15(2,3)4)11-7-8-12(16)13(10-11)18-5/h7-8,10,14,17H,6,9H2,1-5H3. The molecule has 1 rings (SSSR count). The smallest absolute Gasteiger partial charge is 0.137 e. The molecule has 0 aliphatic carbocycles. The molecule has 0 aliphatic heterocycles. The van der Waals surface area contributed by atoms with E-state index < -0.39 is 0 Å². The van der Waals surface area contributed by atoms with Crippen molar-refractivity contribution >= 4 is 11.6 Å². The third-order valence-corrected chi connectivity index (χ3v) is 3.29. The summed E-state index contributed by atoms with van der Waals surface area (Å²) in [5.74, 6) is 0.738. The van der Waals surface area contributed by atoms with Crippen LogP contribution in [0.5, 0.6) is 5.75 Å². The van der Waals surface area contributed by atoms with Crippen LogP contribution in [0, 0.1) is 5.41 Å². The molecular weight excluding hydrogens is 246 g/mol. The van der Waals surface area contributed by atoms with E-state index in [1.165, 1.54) is 5.56 Å². The van der Waals surface area contributed by atoms with Gasteiger partial charge in [-0.3, -0.25) is 0 Å². The quantitative estimate of drug-likeness (QED) is 0.854. The van der Waals surface area contributed by atoms with Gasteiger partial charge in [-0.15, -0.1) is 0 Å². The maximum atomic E-state index is 6.07. The summed E-state index contributed by atoms with van der Waals surface area (Å²) in [6.45, 7) is 9.90. The Morgan fingerprint density at radius 3 is 2.50 bits per heavy atom. The van der Waals surface area contributed by atoms with Crippen molar-refractivity contribution in [2.75, 3.05) is 13.7 Å². The first-order chi connectivity index (χ1) is 8.40. The second-order valence-corrected chi connectivity index (χ2v) is 6.05. The fourth-order valence-electron chi connectivity index (χ4n) is 2.07. The Kier molecular flexibility index (Phi) is 5.48. The zero-order valence-corrected chi connectivity index (χ0v) is 12.8. The highest BCUT2D eigenvalue weighted by molar-refractivity contribution is 6.32. The third kappa shape index (κ3) is 3.89. The molecule has 1 N–H and O–H groups in total. The van der Waals surface area contributed by atoms with E-state index in [0.29, 0.717) is 11.1 Å². The summed E-state index contributed by atoms with van der Waals surface area (Å²) in [5.41, 5.74) is 1.37. The lowest BCUT2D eigenvalue weighted by atomic mass is 9.82. The molecule has 0 saturated heterocycles. The molecular formula is C15H24ClNO. The Balaban J connectivity index is 3.05. The molecule has 102 valence electrons. The van der Waals surface area contributed by atoms with Gasteiger partial charge in [-0.2, -0.15) is 0 Å². The van der Waals surface area contributed by atoms with Crippen LogP contribution in [0.3, 0.4) is 0 Å². The molecule has 0 saturated carbocycles. The van der Waals surface area contributed by atoms with E-state index in [1.807, 2.05) is 12.1 Å². The zero-order valence-electron chi connectivity index (χ0n) is 12.0. The molecule has 0 aromatic heterocycles. The van der Waals surface area contributed by atoms with Crippen LogP contribution in [0.1, 0.15) is 45.7 Å². The Bertz CT molecular complexity index is 385. The van der Waals surface area contributed by atoms with Crippen molar-refractivity contribution in [1.82, 2.24) is 5.32 Å². The van der Waals surface area contributed by atoms with Crippen LogP contribution in [-0.2, 0) is 0 Å². The molecule has 0 amide bonds. The van der Waals surface area contributed by atoms with Gasteiger partial charge in [-0.25, -0.2) is 0 Å². The van der Waals surface area contributed by atoms with Crippen molar-refractivity contribution in [1.29, 1.82) is 0 Å². The number of hydrogen-bond acceptors (Lipinski definition) is 2. The highest BCUT2D eigenvalue weighted by Crippen LogP contribution is 2.36. The van der Waals surface area contributed by atoms with Crippen molar-refractivity contribution in [2.24, 2.45) is 5.41 Å². The number of nitrogens with one attached hydrogen (secondary N) is 1. The van der Waals surface area contributed by atoms with Gasteiger partial charge in [0, 0.05) is 6.04 Å². The number of halogens is 1. The first-order valence-corrected chi connectivity index (χ1v) is 6.84. The third-order valence-electron chi connectivity index (χ3n) is 2.97. The number of hydrogen-bond donors (Lipinski definition) is 1. The van der Waals surface area contributed by atoms with Crippen molar-refractivity contribution < 1.29 is 4.74 Å². The molecule has 0 aliphatic rings. The van der Waals surface area contributed by atoms with E-state index in [4.69, 9.17) is 16.3 Å². The molecule has 1 aromatic rings. The summed E-state index contributed by atoms with van der Waals surface area (Å²) in [5, 5.41) is 4.25. The summed E-state index contributed by atoms with van der Waals surface area (Å²) in [7, 11) is 1.65. The van der Waals surface area contributed by atoms with Crippen LogP contribution < -0.4 is 10.1 Å². The molecule has 0 spiro atoms. The van der Waals surface area contributed by atoms with Crippen LogP contribution in [0.2, 0.25) is 5.02 Å². The monoisotopic (exact) mass is 269 g/mol. The summed E-state index contributed by atoms with van der Waals surface area (Å²) in [4.78, 5) is 0. The average Bonchev–Trinajstić information content (AvgIpc) is 2.30. The largest absolute Gasteiger partial charge is 0.495 e. The zero-order chi connectivity index (χ0) is 13.8. The van der Waals surface area contributed by atoms with Crippen LogP contribution in [0.25, 0.3) is 0 Å². The molecule has 1 aromatic carbocycles. The number of ether oxygens (including phenoxy) is 1. The van der Waals surface area contributed by atoms with E-state index in [9.17, 15) is 0 Å². The fourth-order valence-corrected chi connectivity index (χ4v) is 2.26. The predicted octanol–water partition coefficient (Wildman–Crippen LogP) is 4.44. The minimum atomic E-state index is 0.147. The molecule has 0 heterocycles. The Morgan fingerprint density at radius 2 is 2.00 bits per heavy atom. The topological polar surface area (TPSA) is 21.3 Å². The van der Waals surface area contributed by atoms with Gasteiger partial charge in [0.05, 0.1) is 12.1 Å². The lowest BCUT2D eigenvalue weighted by molar-refractivity contribution is 0.272. The van der Waals surface area contributed by atoms with Gasteiger partial charge in [0.15, 0.2) is 0 Å². The van der Waals surface area contributed by atoms with E-state index in [2.05, 4.69) is 39.1 Å². The maximum Gasteiger partial charge on any atom is 0.137 e. The lowest BCUT2D eigenvalue weighted by Crippen LogP contribution is -2.32. The molecule has 1 unspecified atom stereocenters. The first-order valence-electron chi connectivity index (χ1n) is 6.47. The number of methoxy groups -OCH3 is 1. The van der Waals surface area contributed by atoms with Crippen LogP contribution >= 0.6 is 11.6 Å². The Labute approximate surface area is 116 Å². The summed E-state index contributed by atoms with van der Waals surface area (Å²) >= 11 is 6.07.